The summed E-state index contributed by atoms with van der Waals surface area (Å²) >= 11 is 5.94. The van der Waals surface area contributed by atoms with Crippen LogP contribution in [-0.2, 0) is 66.8 Å². The van der Waals surface area contributed by atoms with Crippen molar-refractivity contribution >= 4 is 111 Å². The zero-order chi connectivity index (χ0) is 107. The Morgan fingerprint density at radius 1 is 0.367 bits per heavy atom. The Balaban J connectivity index is 0.000000134. The fourth-order valence-electron chi connectivity index (χ4n) is 16.9. The highest BCUT2D eigenvalue weighted by molar-refractivity contribution is 7.85. The quantitative estimate of drug-likeness (QED) is 0.0198. The predicted octanol–water partition coefficient (Wildman–Crippen LogP) is 7.15. The van der Waals surface area contributed by atoms with Gasteiger partial charge >= 0.3 is 36.8 Å². The minimum atomic E-state index is -4.35. The van der Waals surface area contributed by atoms with Gasteiger partial charge in [-0.25, -0.2) is 41.5 Å². The maximum absolute atomic E-state index is 13.9. The van der Waals surface area contributed by atoms with E-state index in [0.717, 1.165) is 64.7 Å². The normalized spacial score (nSPS) is 19.8. The number of benzene rings is 9. The molecule has 1 aromatic heterocycles. The summed E-state index contributed by atoms with van der Waals surface area (Å²) in [7, 11) is 0.200. The molecule has 10 aliphatic rings. The summed E-state index contributed by atoms with van der Waals surface area (Å²) in [4.78, 5) is 197. The predicted molar refractivity (Wildman–Crippen MR) is 513 cm³/mol. The lowest BCUT2D eigenvalue weighted by molar-refractivity contribution is -0.123. The van der Waals surface area contributed by atoms with Gasteiger partial charge in [-0.3, -0.25) is 84.1 Å². The third-order valence-electron chi connectivity index (χ3n) is 24.4. The number of carbonyl (C=O) groups excluding carboxylic acids is 15. The number of urea groups is 5. The molecule has 0 bridgehead atoms. The number of hydrogen-bond donors (Lipinski definition) is 11. The van der Waals surface area contributed by atoms with Gasteiger partial charge in [-0.05, 0) is 168 Å². The van der Waals surface area contributed by atoms with Crippen molar-refractivity contribution in [2.45, 2.75) is 78.8 Å². The molecule has 11 heterocycles. The summed E-state index contributed by atoms with van der Waals surface area (Å²) < 4.78 is 130. The van der Waals surface area contributed by atoms with Crippen LogP contribution in [-0.4, -0.2) is 220 Å². The number of carbonyl (C=O) groups is 15. The van der Waals surface area contributed by atoms with Crippen LogP contribution in [0.3, 0.4) is 0 Å². The minimum Gasteiger partial charge on any atom is -0.497 e. The van der Waals surface area contributed by atoms with E-state index in [1.807, 2.05) is 35.6 Å². The van der Waals surface area contributed by atoms with Crippen LogP contribution in [0.4, 0.5) is 50.3 Å². The summed E-state index contributed by atoms with van der Waals surface area (Å²) in [5.74, 6) is 19.9. The van der Waals surface area contributed by atoms with Crippen LogP contribution in [0.1, 0.15) is 113 Å². The Kier molecular flexibility index (Phi) is 29.3. The van der Waals surface area contributed by atoms with Crippen LogP contribution >= 0.6 is 11.6 Å². The first-order chi connectivity index (χ1) is 71.4. The standard InChI is InChI=1S/C21H13F4N3O4.C21H18N4O4.C21H17N3O7S.C21H17N3O4.C20H12ClF2N3O3/c22-13-3-1-11(16(23)7-13)5-6-21(18(30)26-20(31)27-21)10-28-9-12-2-4-14(32-19(24)25)8-15(12)17(28)29;1-13-14(4-3-9-22-13)7-8-21(19(27)23-20(28)24-21)12-25-11-15-5-6-16(29-2)10-17(15)18(25)26;1-31-15-5-4-14-11-24(18(25)17(14)10-15)12-21(19(26)22-20(27)23-21)9-8-13-2-6-16(7-3-13)32(28,29)30;1-28-16-8-7-15-12-24(18(25)17(15)11-16)13-21(19(26)22-20(27)23-21)10-9-14-5-3-2-4-6-14;21-13-2-1-12-9-26(17(27)16(12)7-13)10-20(18(28)24-19(29)25-20)4-3-11-5-14(22)8-15(23)6-11/h1-4,7-8,19H,9-10H2,(H2,26,27,30,31);3-6,9-10H,11-12H2,1-2H3,(H2,23,24,27,28);2-7,10H,11-12H2,1H3,(H,28,29,30)(H2,22,23,26,27);2-8,11H,12-13H2,1H3,(H2,22,23,26,27);1-2,5-8H,9-10H2,(H2,24,25,28,29)/t;3*21-;20-/m.1111/s1. The molecule has 46 heteroatoms. The van der Waals surface area contributed by atoms with Crippen LogP contribution in [0, 0.1) is 89.4 Å². The van der Waals surface area contributed by atoms with Gasteiger partial charge in [0.1, 0.15) is 46.3 Å². The maximum Gasteiger partial charge on any atom is 0.387 e. The number of aromatic nitrogens is 1. The summed E-state index contributed by atoms with van der Waals surface area (Å²) in [6.45, 7) is -1.15. The number of aryl methyl sites for hydroxylation is 1. The van der Waals surface area contributed by atoms with Gasteiger partial charge in [-0.15, -0.1) is 0 Å². The smallest absolute Gasteiger partial charge is 0.387 e. The number of pyridine rings is 1. The fourth-order valence-corrected chi connectivity index (χ4v) is 17.6. The Hall–Kier alpha value is -19.0. The zero-order valence-corrected chi connectivity index (χ0v) is 80.0. The van der Waals surface area contributed by atoms with Crippen molar-refractivity contribution in [2.75, 3.05) is 54.1 Å². The Labute approximate surface area is 852 Å². The van der Waals surface area contributed by atoms with Crippen LogP contribution < -0.4 is 72.1 Å². The van der Waals surface area contributed by atoms with E-state index in [4.69, 9.17) is 30.4 Å². The van der Waals surface area contributed by atoms with Gasteiger partial charge in [0.2, 0.25) is 27.7 Å². The van der Waals surface area contributed by atoms with E-state index in [9.17, 15) is 107 Å². The molecule has 38 nitrogen and oxygen atoms in total. The lowest BCUT2D eigenvalue weighted by Gasteiger charge is -2.26. The molecule has 10 aliphatic heterocycles. The highest BCUT2D eigenvalue weighted by Gasteiger charge is 2.54. The molecule has 0 saturated carbocycles. The second kappa shape index (κ2) is 42.3. The molecule has 150 heavy (non-hydrogen) atoms. The van der Waals surface area contributed by atoms with E-state index in [-0.39, 0.29) is 96.8 Å². The van der Waals surface area contributed by atoms with Crippen LogP contribution in [0.5, 0.6) is 23.0 Å². The van der Waals surface area contributed by atoms with Crippen molar-refractivity contribution in [2.24, 2.45) is 0 Å². The Morgan fingerprint density at radius 3 is 1.03 bits per heavy atom. The van der Waals surface area contributed by atoms with E-state index < -0.39 is 140 Å². The molecule has 760 valence electrons. The minimum absolute atomic E-state index is 0.0145. The van der Waals surface area contributed by atoms with Gasteiger partial charge in [-0.1, -0.05) is 119 Å². The van der Waals surface area contributed by atoms with Gasteiger partial charge in [0.25, 0.3) is 69.2 Å². The SMILES string of the molecule is COc1ccc2c(c1)C(=O)N(C[C@@]1(C#Cc3ccc(S(=O)(=O)O)cc3)NC(=O)NC1=O)C2.COc1ccc2c(c1)C(=O)N(C[C@@]1(C#Cc3ccccc3)NC(=O)NC1=O)C2.COc1ccc2c(c1)C(=O)N(C[C@@]1(C#Cc3cccnc3C)NC(=O)NC1=O)C2.O=C1NC(=O)C(C#Cc2ccc(F)cc2F)(CN2Cc3ccc(OC(F)F)cc3C2=O)N1.O=C1NC(=O)[C@@](C#Cc2cc(F)cc(F)c2)(CN2Cc3ccc(Cl)cc3C2=O)N1. The molecule has 1 unspecified atom stereocenters. The number of nitrogens with zero attached hydrogens (tertiary/aromatic N) is 6. The molecule has 0 radical (unpaired) electrons. The van der Waals surface area contributed by atoms with E-state index in [2.05, 4.69) is 117 Å². The number of nitrogens with one attached hydrogen (secondary N) is 10. The lowest BCUT2D eigenvalue weighted by atomic mass is 9.99. The number of amides is 20. The third-order valence-corrected chi connectivity index (χ3v) is 25.5. The number of imide groups is 5. The fraction of sp³-hybridized carbons (Fsp3) is 0.192. The summed E-state index contributed by atoms with van der Waals surface area (Å²) in [5.41, 5.74) is -0.641. The molecule has 0 spiro atoms. The highest BCUT2D eigenvalue weighted by Crippen LogP contribution is 2.36. The molecule has 5 fully saturated rings. The van der Waals surface area contributed by atoms with Gasteiger partial charge in [-0.2, -0.15) is 17.2 Å². The molecule has 9 aromatic carbocycles. The highest BCUT2D eigenvalue weighted by atomic mass is 35.5. The van der Waals surface area contributed by atoms with Crippen LogP contribution in [0.2, 0.25) is 5.02 Å². The van der Waals surface area contributed by atoms with Crippen molar-refractivity contribution in [3.8, 4) is 82.2 Å². The third kappa shape index (κ3) is 22.6. The van der Waals surface area contributed by atoms with Gasteiger partial charge < -0.3 is 70.0 Å². The lowest BCUT2D eigenvalue weighted by Crippen LogP contribution is -2.54. The molecule has 20 rings (SSSR count). The number of halogens is 7. The number of rotatable bonds is 16. The van der Waals surface area contributed by atoms with Gasteiger partial charge in [0.15, 0.2) is 0 Å². The second-order valence-electron chi connectivity index (χ2n) is 34.5. The summed E-state index contributed by atoms with van der Waals surface area (Å²) in [6.07, 6.45) is 1.65. The van der Waals surface area contributed by atoms with E-state index >= 15 is 0 Å². The largest absolute Gasteiger partial charge is 0.497 e. The van der Waals surface area contributed by atoms with E-state index in [1.165, 1.54) is 76.2 Å². The first-order valence-electron chi connectivity index (χ1n) is 44.6. The number of alkyl halides is 2. The molecule has 11 N–H and O–H groups in total. The Bertz CT molecular complexity index is 7910. The summed E-state index contributed by atoms with van der Waals surface area (Å²) in [6, 6.07) is 43.8. The van der Waals surface area contributed by atoms with E-state index in [0.29, 0.717) is 97.7 Å². The molecular formula is C104H77ClF6N16O22S. The monoisotopic (exact) mass is 2080 g/mol. The Morgan fingerprint density at radius 2 is 0.693 bits per heavy atom. The zero-order valence-electron chi connectivity index (χ0n) is 78.5. The van der Waals surface area contributed by atoms with Crippen molar-refractivity contribution < 1.29 is 130 Å². The first kappa shape index (κ1) is 104. The van der Waals surface area contributed by atoms with Gasteiger partial charge in [0, 0.05) is 106 Å². The molecule has 0 aliphatic carbocycles. The molecule has 5 saturated heterocycles. The van der Waals surface area contributed by atoms with Crippen molar-refractivity contribution in [3.63, 3.8) is 0 Å². The van der Waals surface area contributed by atoms with Crippen LogP contribution in [0.15, 0.2) is 205 Å². The number of ether oxygens (including phenoxy) is 4. The number of methoxy groups -OCH3 is 3. The molecule has 20 amide bonds. The average Bonchev–Trinajstić information content (AvgIpc) is 1.63. The van der Waals surface area contributed by atoms with E-state index in [1.54, 1.807) is 92.0 Å². The van der Waals surface area contributed by atoms with Crippen molar-refractivity contribution in [3.05, 3.63) is 318 Å². The average molecular weight is 2080 g/mol. The topological polar surface area (TPSA) is 497 Å². The van der Waals surface area contributed by atoms with Crippen molar-refractivity contribution in [1.82, 2.24) is 82.7 Å². The summed E-state index contributed by atoms with van der Waals surface area (Å²) in [5, 5.41) is 23.5. The van der Waals surface area contributed by atoms with Gasteiger partial charge in [0.05, 0.1) is 70.2 Å². The molecule has 5 atom stereocenters. The molecular weight excluding hydrogens is 2010 g/mol. The van der Waals surface area contributed by atoms with Crippen LogP contribution in [0.25, 0.3) is 0 Å². The number of fused-ring (bicyclic) bond motifs is 5. The number of hydrogen-bond acceptors (Lipinski definition) is 22. The first-order valence-corrected chi connectivity index (χ1v) is 46.4. The maximum atomic E-state index is 13.9. The second-order valence-corrected chi connectivity index (χ2v) is 36.3. The van der Waals surface area contributed by atoms with Crippen molar-refractivity contribution in [1.29, 1.82) is 0 Å². The molecule has 10 aromatic rings.